The van der Waals surface area contributed by atoms with Crippen LogP contribution in [0.1, 0.15) is 12.5 Å². The molecule has 0 radical (unpaired) electrons. The summed E-state index contributed by atoms with van der Waals surface area (Å²) in [6.07, 6.45) is 6.46. The fraction of sp³-hybridized carbons (Fsp3) is 0.286. The summed E-state index contributed by atoms with van der Waals surface area (Å²) in [5.74, 6) is 0.431. The SMILES string of the molecule is C/C=C/C1COC/C1=C/c1ccc(Cl)cc1. The molecule has 0 spiro atoms. The molecular weight excluding hydrogens is 220 g/mol. The minimum absolute atomic E-state index is 0.431. The van der Waals surface area contributed by atoms with Crippen molar-refractivity contribution in [2.45, 2.75) is 6.92 Å². The molecule has 1 atom stereocenters. The van der Waals surface area contributed by atoms with Crippen LogP contribution >= 0.6 is 11.6 Å². The van der Waals surface area contributed by atoms with Crippen molar-refractivity contribution in [3.63, 3.8) is 0 Å². The summed E-state index contributed by atoms with van der Waals surface area (Å²) < 4.78 is 5.47. The van der Waals surface area contributed by atoms with E-state index in [2.05, 4.69) is 18.2 Å². The van der Waals surface area contributed by atoms with Crippen molar-refractivity contribution in [3.05, 3.63) is 52.6 Å². The third-order valence-corrected chi connectivity index (χ3v) is 2.94. The van der Waals surface area contributed by atoms with Crippen LogP contribution in [0.15, 0.2) is 42.0 Å². The van der Waals surface area contributed by atoms with Crippen LogP contribution in [-0.4, -0.2) is 13.2 Å². The highest BCUT2D eigenvalue weighted by Gasteiger charge is 2.18. The van der Waals surface area contributed by atoms with Crippen LogP contribution < -0.4 is 0 Å². The minimum atomic E-state index is 0.431. The Balaban J connectivity index is 2.19. The molecule has 1 unspecified atom stereocenters. The molecule has 1 fully saturated rings. The highest BCUT2D eigenvalue weighted by Crippen LogP contribution is 2.24. The molecule has 1 aliphatic rings. The summed E-state index contributed by atoms with van der Waals surface area (Å²) in [6.45, 7) is 3.57. The minimum Gasteiger partial charge on any atom is -0.376 e. The van der Waals surface area contributed by atoms with Gasteiger partial charge >= 0.3 is 0 Å². The van der Waals surface area contributed by atoms with Crippen LogP contribution in [0.2, 0.25) is 5.02 Å². The molecule has 1 heterocycles. The second-order valence-corrected chi connectivity index (χ2v) is 4.35. The number of allylic oxidation sites excluding steroid dienone is 1. The first kappa shape index (κ1) is 11.4. The number of halogens is 1. The lowest BCUT2D eigenvalue weighted by molar-refractivity contribution is 0.195. The molecule has 1 nitrogen and oxygen atoms in total. The first-order chi connectivity index (χ1) is 7.79. The molecule has 0 aromatic heterocycles. The van der Waals surface area contributed by atoms with Crippen LogP contribution in [0.4, 0.5) is 0 Å². The molecular formula is C14H15ClO. The van der Waals surface area contributed by atoms with Gasteiger partial charge in [0, 0.05) is 10.9 Å². The number of benzene rings is 1. The molecule has 0 N–H and O–H groups in total. The van der Waals surface area contributed by atoms with Crippen molar-refractivity contribution in [3.8, 4) is 0 Å². The van der Waals surface area contributed by atoms with Crippen molar-refractivity contribution in [2.75, 3.05) is 13.2 Å². The maximum absolute atomic E-state index is 5.85. The van der Waals surface area contributed by atoms with Gasteiger partial charge in [0.1, 0.15) is 0 Å². The molecule has 84 valence electrons. The molecule has 1 aliphatic heterocycles. The maximum atomic E-state index is 5.85. The van der Waals surface area contributed by atoms with E-state index in [9.17, 15) is 0 Å². The fourth-order valence-corrected chi connectivity index (χ4v) is 1.98. The molecule has 2 heteroatoms. The molecule has 1 saturated heterocycles. The molecule has 1 aromatic carbocycles. The third kappa shape index (κ3) is 2.75. The quantitative estimate of drug-likeness (QED) is 0.705. The average molecular weight is 235 g/mol. The highest BCUT2D eigenvalue weighted by molar-refractivity contribution is 6.30. The monoisotopic (exact) mass is 234 g/mol. The highest BCUT2D eigenvalue weighted by atomic mass is 35.5. The van der Waals surface area contributed by atoms with Gasteiger partial charge in [0.2, 0.25) is 0 Å². The van der Waals surface area contributed by atoms with Crippen LogP contribution in [0.5, 0.6) is 0 Å². The Kier molecular flexibility index (Phi) is 3.81. The van der Waals surface area contributed by atoms with Crippen molar-refractivity contribution in [1.29, 1.82) is 0 Å². The molecule has 2 rings (SSSR count). The summed E-state index contributed by atoms with van der Waals surface area (Å²) >= 11 is 5.85. The third-order valence-electron chi connectivity index (χ3n) is 2.69. The van der Waals surface area contributed by atoms with E-state index in [1.807, 2.05) is 31.2 Å². The second kappa shape index (κ2) is 5.33. The van der Waals surface area contributed by atoms with Crippen LogP contribution in [0.25, 0.3) is 6.08 Å². The summed E-state index contributed by atoms with van der Waals surface area (Å²) in [7, 11) is 0. The van der Waals surface area contributed by atoms with E-state index in [-0.39, 0.29) is 0 Å². The molecule has 16 heavy (non-hydrogen) atoms. The smallest absolute Gasteiger partial charge is 0.0687 e. The van der Waals surface area contributed by atoms with E-state index in [1.165, 1.54) is 11.1 Å². The Morgan fingerprint density at radius 1 is 1.31 bits per heavy atom. The standard InChI is InChI=1S/C14H15ClO/c1-2-3-12-9-16-10-13(12)8-11-4-6-14(15)7-5-11/h2-8,12H,9-10H2,1H3/b3-2+,13-8-. The van der Waals surface area contributed by atoms with Gasteiger partial charge < -0.3 is 4.74 Å². The largest absolute Gasteiger partial charge is 0.376 e. The van der Waals surface area contributed by atoms with E-state index in [0.717, 1.165) is 18.2 Å². The lowest BCUT2D eigenvalue weighted by atomic mass is 10.00. The van der Waals surface area contributed by atoms with Crippen LogP contribution in [0, 0.1) is 5.92 Å². The van der Waals surface area contributed by atoms with Crippen molar-refractivity contribution in [1.82, 2.24) is 0 Å². The van der Waals surface area contributed by atoms with E-state index in [0.29, 0.717) is 5.92 Å². The van der Waals surface area contributed by atoms with Crippen molar-refractivity contribution in [2.24, 2.45) is 5.92 Å². The molecule has 1 aromatic rings. The van der Waals surface area contributed by atoms with E-state index in [4.69, 9.17) is 16.3 Å². The second-order valence-electron chi connectivity index (χ2n) is 3.92. The van der Waals surface area contributed by atoms with Gasteiger partial charge in [-0.2, -0.15) is 0 Å². The van der Waals surface area contributed by atoms with E-state index >= 15 is 0 Å². The van der Waals surface area contributed by atoms with Gasteiger partial charge in [-0.25, -0.2) is 0 Å². The predicted molar refractivity (Wildman–Crippen MR) is 68.6 cm³/mol. The zero-order valence-electron chi connectivity index (χ0n) is 9.32. The lowest BCUT2D eigenvalue weighted by Crippen LogP contribution is -1.96. The Morgan fingerprint density at radius 3 is 2.75 bits per heavy atom. The molecule has 0 saturated carbocycles. The Bertz CT molecular complexity index is 403. The topological polar surface area (TPSA) is 9.23 Å². The number of ether oxygens (including phenoxy) is 1. The van der Waals surface area contributed by atoms with Gasteiger partial charge in [-0.05, 0) is 30.2 Å². The maximum Gasteiger partial charge on any atom is 0.0687 e. The van der Waals surface area contributed by atoms with E-state index in [1.54, 1.807) is 0 Å². The van der Waals surface area contributed by atoms with Crippen molar-refractivity contribution < 1.29 is 4.74 Å². The average Bonchev–Trinajstić information content (AvgIpc) is 2.70. The van der Waals surface area contributed by atoms with Crippen LogP contribution in [-0.2, 0) is 4.74 Å². The Morgan fingerprint density at radius 2 is 2.06 bits per heavy atom. The Labute approximate surface area is 101 Å². The number of rotatable bonds is 2. The van der Waals surface area contributed by atoms with Gasteiger partial charge in [-0.3, -0.25) is 0 Å². The molecule has 0 bridgehead atoms. The van der Waals surface area contributed by atoms with Gasteiger partial charge in [0.25, 0.3) is 0 Å². The number of hydrogen-bond donors (Lipinski definition) is 0. The fourth-order valence-electron chi connectivity index (χ4n) is 1.85. The zero-order chi connectivity index (χ0) is 11.4. The zero-order valence-corrected chi connectivity index (χ0v) is 10.1. The normalized spacial score (nSPS) is 23.4. The summed E-state index contributed by atoms with van der Waals surface area (Å²) in [4.78, 5) is 0. The first-order valence-electron chi connectivity index (χ1n) is 5.46. The van der Waals surface area contributed by atoms with Gasteiger partial charge in [0.05, 0.1) is 13.2 Å². The molecule has 0 aliphatic carbocycles. The lowest BCUT2D eigenvalue weighted by Gasteiger charge is -2.03. The summed E-state index contributed by atoms with van der Waals surface area (Å²) in [5, 5.41) is 0.773. The van der Waals surface area contributed by atoms with E-state index < -0.39 is 0 Å². The summed E-state index contributed by atoms with van der Waals surface area (Å²) in [5.41, 5.74) is 2.51. The van der Waals surface area contributed by atoms with Gasteiger partial charge in [0.15, 0.2) is 0 Å². The first-order valence-corrected chi connectivity index (χ1v) is 5.84. The van der Waals surface area contributed by atoms with Gasteiger partial charge in [-0.15, -0.1) is 0 Å². The molecule has 0 amide bonds. The predicted octanol–water partition coefficient (Wildman–Crippen LogP) is 3.95. The van der Waals surface area contributed by atoms with Crippen molar-refractivity contribution >= 4 is 17.7 Å². The van der Waals surface area contributed by atoms with Crippen LogP contribution in [0.3, 0.4) is 0 Å². The van der Waals surface area contributed by atoms with Gasteiger partial charge in [-0.1, -0.05) is 42.0 Å². The summed E-state index contributed by atoms with van der Waals surface area (Å²) in [6, 6.07) is 7.88. The Hall–Kier alpha value is -1.05. The number of hydrogen-bond acceptors (Lipinski definition) is 1.